The number of carbonyl (C=O) groups is 1. The van der Waals surface area contributed by atoms with Crippen molar-refractivity contribution in [1.82, 2.24) is 4.98 Å². The van der Waals surface area contributed by atoms with Crippen molar-refractivity contribution < 1.29 is 9.53 Å². The third kappa shape index (κ3) is 4.47. The monoisotopic (exact) mass is 278 g/mol. The van der Waals surface area contributed by atoms with Crippen LogP contribution in [-0.4, -0.2) is 36.2 Å². The average molecular weight is 278 g/mol. The summed E-state index contributed by atoms with van der Waals surface area (Å²) in [6.45, 7) is 1.26. The Morgan fingerprint density at radius 3 is 2.80 bits per heavy atom. The molecule has 1 fully saturated rings. The number of primary amides is 1. The zero-order chi connectivity index (χ0) is 14.4. The molecule has 20 heavy (non-hydrogen) atoms. The molecule has 1 aromatic heterocycles. The van der Waals surface area contributed by atoms with Crippen molar-refractivity contribution in [3.8, 4) is 0 Å². The zero-order valence-electron chi connectivity index (χ0n) is 11.5. The highest BCUT2D eigenvalue weighted by molar-refractivity contribution is 5.91. The van der Waals surface area contributed by atoms with Crippen LogP contribution < -0.4 is 16.8 Å². The minimum absolute atomic E-state index is 0.261. The van der Waals surface area contributed by atoms with E-state index in [-0.39, 0.29) is 5.69 Å². The van der Waals surface area contributed by atoms with Crippen molar-refractivity contribution in [1.29, 1.82) is 0 Å². The highest BCUT2D eigenvalue weighted by Crippen LogP contribution is 2.19. The van der Waals surface area contributed by atoms with Gasteiger partial charge in [0.25, 0.3) is 5.91 Å². The van der Waals surface area contributed by atoms with Crippen LogP contribution in [-0.2, 0) is 4.74 Å². The first-order valence-electron chi connectivity index (χ1n) is 7.03. The van der Waals surface area contributed by atoms with E-state index < -0.39 is 5.91 Å². The molecule has 6 heteroatoms. The van der Waals surface area contributed by atoms with Gasteiger partial charge in [-0.2, -0.15) is 0 Å². The number of rotatable bonds is 6. The Morgan fingerprint density at radius 2 is 2.10 bits per heavy atom. The zero-order valence-corrected chi connectivity index (χ0v) is 11.5. The molecule has 1 aliphatic rings. The molecule has 1 heterocycles. The largest absolute Gasteiger partial charge is 0.376 e. The molecule has 0 aliphatic heterocycles. The topological polar surface area (TPSA) is 103 Å². The van der Waals surface area contributed by atoms with Crippen molar-refractivity contribution >= 4 is 11.7 Å². The molecule has 110 valence electrons. The molecular formula is C14H22N4O2. The van der Waals surface area contributed by atoms with Crippen LogP contribution in [0, 0.1) is 0 Å². The molecule has 0 atom stereocenters. The van der Waals surface area contributed by atoms with Crippen LogP contribution in [0.4, 0.5) is 5.82 Å². The lowest BCUT2D eigenvalue weighted by atomic mass is 9.94. The first kappa shape index (κ1) is 14.7. The first-order chi connectivity index (χ1) is 9.65. The summed E-state index contributed by atoms with van der Waals surface area (Å²) in [5, 5.41) is 3.12. The van der Waals surface area contributed by atoms with Crippen LogP contribution in [0.2, 0.25) is 0 Å². The summed E-state index contributed by atoms with van der Waals surface area (Å²) in [5.41, 5.74) is 11.3. The Hall–Kier alpha value is -1.66. The summed E-state index contributed by atoms with van der Waals surface area (Å²) < 4.78 is 5.79. The Morgan fingerprint density at radius 1 is 1.35 bits per heavy atom. The van der Waals surface area contributed by atoms with E-state index in [0.717, 1.165) is 25.7 Å². The number of nitrogens with zero attached hydrogens (tertiary/aromatic N) is 1. The summed E-state index contributed by atoms with van der Waals surface area (Å²) in [4.78, 5) is 15.1. The van der Waals surface area contributed by atoms with E-state index in [0.29, 0.717) is 31.1 Å². The molecule has 0 radical (unpaired) electrons. The molecule has 1 aromatic rings. The molecule has 1 saturated carbocycles. The van der Waals surface area contributed by atoms with Gasteiger partial charge in [0.05, 0.1) is 12.7 Å². The molecule has 0 bridgehead atoms. The molecule has 0 saturated heterocycles. The Kier molecular flexibility index (Phi) is 5.31. The number of carbonyl (C=O) groups excluding carboxylic acids is 1. The highest BCUT2D eigenvalue weighted by atomic mass is 16.5. The fraction of sp³-hybridized carbons (Fsp3) is 0.571. The molecule has 5 N–H and O–H groups in total. The maximum atomic E-state index is 11.0. The number of amides is 1. The second kappa shape index (κ2) is 7.21. The quantitative estimate of drug-likeness (QED) is 0.670. The van der Waals surface area contributed by atoms with E-state index in [1.807, 2.05) is 0 Å². The Balaban J connectivity index is 1.68. The van der Waals surface area contributed by atoms with Gasteiger partial charge >= 0.3 is 0 Å². The predicted molar refractivity (Wildman–Crippen MR) is 77.4 cm³/mol. The molecule has 1 aliphatic carbocycles. The van der Waals surface area contributed by atoms with Crippen LogP contribution in [0.1, 0.15) is 36.2 Å². The molecule has 6 nitrogen and oxygen atoms in total. The maximum Gasteiger partial charge on any atom is 0.267 e. The van der Waals surface area contributed by atoms with Crippen LogP contribution in [0.15, 0.2) is 18.2 Å². The van der Waals surface area contributed by atoms with E-state index in [1.165, 1.54) is 0 Å². The van der Waals surface area contributed by atoms with Gasteiger partial charge in [-0.3, -0.25) is 4.79 Å². The SMILES string of the molecule is NC(=O)c1cccc(NCCOC2CCC(N)CC2)n1. The van der Waals surface area contributed by atoms with Crippen LogP contribution in [0.25, 0.3) is 0 Å². The highest BCUT2D eigenvalue weighted by Gasteiger charge is 2.18. The second-order valence-electron chi connectivity index (χ2n) is 5.11. The smallest absolute Gasteiger partial charge is 0.267 e. The van der Waals surface area contributed by atoms with Crippen molar-refractivity contribution in [3.05, 3.63) is 23.9 Å². The number of pyridine rings is 1. The number of hydrogen-bond donors (Lipinski definition) is 3. The van der Waals surface area contributed by atoms with Crippen molar-refractivity contribution in [2.45, 2.75) is 37.8 Å². The van der Waals surface area contributed by atoms with Gasteiger partial charge < -0.3 is 21.5 Å². The van der Waals surface area contributed by atoms with Crippen molar-refractivity contribution in [2.75, 3.05) is 18.5 Å². The average Bonchev–Trinajstić information content (AvgIpc) is 2.46. The van der Waals surface area contributed by atoms with E-state index in [9.17, 15) is 4.79 Å². The fourth-order valence-electron chi connectivity index (χ4n) is 2.33. The van der Waals surface area contributed by atoms with Gasteiger partial charge in [0.2, 0.25) is 0 Å². The predicted octanol–water partition coefficient (Wildman–Crippen LogP) is 0.879. The third-order valence-corrected chi connectivity index (χ3v) is 3.48. The molecular weight excluding hydrogens is 256 g/mol. The maximum absolute atomic E-state index is 11.0. The van der Waals surface area contributed by atoms with Gasteiger partial charge in [0.1, 0.15) is 11.5 Å². The summed E-state index contributed by atoms with van der Waals surface area (Å²) in [7, 11) is 0. The summed E-state index contributed by atoms with van der Waals surface area (Å²) in [6.07, 6.45) is 4.48. The van der Waals surface area contributed by atoms with E-state index in [4.69, 9.17) is 16.2 Å². The van der Waals surface area contributed by atoms with Crippen LogP contribution in [0.3, 0.4) is 0 Å². The van der Waals surface area contributed by atoms with Crippen LogP contribution >= 0.6 is 0 Å². The van der Waals surface area contributed by atoms with Gasteiger partial charge in [-0.1, -0.05) is 6.07 Å². The van der Waals surface area contributed by atoms with Gasteiger partial charge in [0, 0.05) is 12.6 Å². The molecule has 1 amide bonds. The number of hydrogen-bond acceptors (Lipinski definition) is 5. The number of ether oxygens (including phenoxy) is 1. The Labute approximate surface area is 118 Å². The van der Waals surface area contributed by atoms with Crippen molar-refractivity contribution in [3.63, 3.8) is 0 Å². The lowest BCUT2D eigenvalue weighted by Gasteiger charge is -2.26. The summed E-state index contributed by atoms with van der Waals surface area (Å²) in [5.74, 6) is 0.110. The van der Waals surface area contributed by atoms with Gasteiger partial charge in [0.15, 0.2) is 0 Å². The Bertz CT molecular complexity index is 445. The lowest BCUT2D eigenvalue weighted by Crippen LogP contribution is -2.31. The van der Waals surface area contributed by atoms with E-state index in [1.54, 1.807) is 18.2 Å². The minimum Gasteiger partial charge on any atom is -0.376 e. The lowest BCUT2D eigenvalue weighted by molar-refractivity contribution is 0.0313. The summed E-state index contributed by atoms with van der Waals surface area (Å²) in [6, 6.07) is 5.48. The third-order valence-electron chi connectivity index (χ3n) is 3.48. The molecule has 0 aromatic carbocycles. The van der Waals surface area contributed by atoms with Gasteiger partial charge in [-0.15, -0.1) is 0 Å². The number of nitrogens with two attached hydrogens (primary N) is 2. The van der Waals surface area contributed by atoms with Crippen molar-refractivity contribution in [2.24, 2.45) is 11.5 Å². The molecule has 0 unspecified atom stereocenters. The van der Waals surface area contributed by atoms with Crippen LogP contribution in [0.5, 0.6) is 0 Å². The second-order valence-corrected chi connectivity index (χ2v) is 5.11. The molecule has 2 rings (SSSR count). The van der Waals surface area contributed by atoms with E-state index in [2.05, 4.69) is 10.3 Å². The normalized spacial score (nSPS) is 22.4. The van der Waals surface area contributed by atoms with E-state index >= 15 is 0 Å². The van der Waals surface area contributed by atoms with Gasteiger partial charge in [-0.05, 0) is 37.8 Å². The summed E-state index contributed by atoms with van der Waals surface area (Å²) >= 11 is 0. The van der Waals surface area contributed by atoms with Gasteiger partial charge in [-0.25, -0.2) is 4.98 Å². The molecule has 0 spiro atoms. The number of aromatic nitrogens is 1. The number of nitrogens with one attached hydrogen (secondary N) is 1. The standard InChI is InChI=1S/C14H22N4O2/c15-10-4-6-11(7-5-10)20-9-8-17-13-3-1-2-12(18-13)14(16)19/h1-3,10-11H,4-9,15H2,(H2,16,19)(H,17,18). The number of anilines is 1. The minimum atomic E-state index is -0.525. The first-order valence-corrected chi connectivity index (χ1v) is 7.03. The fourth-order valence-corrected chi connectivity index (χ4v) is 2.33.